The Morgan fingerprint density at radius 1 is 0.778 bits per heavy atom. The first kappa shape index (κ1) is 31.7. The van der Waals surface area contributed by atoms with Crippen LogP contribution in [0.5, 0.6) is 0 Å². The molecule has 0 heterocycles. The van der Waals surface area contributed by atoms with Crippen LogP contribution in [0.1, 0.15) is 51.2 Å². The van der Waals surface area contributed by atoms with E-state index in [0.717, 1.165) is 11.8 Å². The summed E-state index contributed by atoms with van der Waals surface area (Å²) in [5.74, 6) is -2.44. The van der Waals surface area contributed by atoms with Crippen molar-refractivity contribution in [3.8, 4) is 0 Å². The summed E-state index contributed by atoms with van der Waals surface area (Å²) < 4.78 is 0. The van der Waals surface area contributed by atoms with Crippen molar-refractivity contribution in [1.29, 1.82) is 0 Å². The summed E-state index contributed by atoms with van der Waals surface area (Å²) in [6, 6.07) is 17.8. The first-order valence-electron chi connectivity index (χ1n) is 10.9. The van der Waals surface area contributed by atoms with Gasteiger partial charge in [0.05, 0.1) is 23.2 Å². The Balaban J connectivity index is 0.000000576. The number of carbonyl (C=O) groups is 4. The molecule has 0 spiro atoms. The van der Waals surface area contributed by atoms with Gasteiger partial charge >= 0.3 is 0 Å². The summed E-state index contributed by atoms with van der Waals surface area (Å²) in [5.41, 5.74) is 1.48. The fourth-order valence-corrected chi connectivity index (χ4v) is 3.18. The third-order valence-corrected chi connectivity index (χ3v) is 4.54. The molecule has 0 amide bonds. The van der Waals surface area contributed by atoms with E-state index in [4.69, 9.17) is 0 Å². The normalized spacial score (nSPS) is 10.8. The van der Waals surface area contributed by atoms with Crippen molar-refractivity contribution in [2.75, 3.05) is 6.54 Å². The van der Waals surface area contributed by atoms with Crippen LogP contribution in [-0.4, -0.2) is 39.5 Å². The maximum atomic E-state index is 11.5. The van der Waals surface area contributed by atoms with E-state index in [2.05, 4.69) is 0 Å². The molecule has 10 nitrogen and oxygen atoms in total. The molecule has 0 saturated heterocycles. The van der Waals surface area contributed by atoms with Crippen LogP contribution in [0.3, 0.4) is 0 Å². The lowest BCUT2D eigenvalue weighted by Gasteiger charge is -2.20. The predicted molar refractivity (Wildman–Crippen MR) is 134 cm³/mol. The van der Waals surface area contributed by atoms with Crippen molar-refractivity contribution in [2.24, 2.45) is 5.92 Å². The van der Waals surface area contributed by atoms with Crippen LogP contribution in [0.4, 0.5) is 0 Å². The van der Waals surface area contributed by atoms with Crippen molar-refractivity contribution in [2.45, 2.75) is 40.0 Å². The van der Waals surface area contributed by atoms with Gasteiger partial charge in [0.25, 0.3) is 0 Å². The molecule has 1 atom stereocenters. The zero-order valence-corrected chi connectivity index (χ0v) is 20.7. The predicted octanol–water partition coefficient (Wildman–Crippen LogP) is 4.33. The topological polar surface area (TPSA) is 155 Å². The molecule has 0 N–H and O–H groups in total. The lowest BCUT2D eigenvalue weighted by Crippen LogP contribution is -2.31. The number of carbonyl (C=O) groups excluding carboxylic acids is 4. The third-order valence-electron chi connectivity index (χ3n) is 4.54. The average Bonchev–Trinajstić information content (AvgIpc) is 2.78. The lowest BCUT2D eigenvalue weighted by molar-refractivity contribution is -0.484. The number of nitrogens with zero attached hydrogens (tertiary/aromatic N) is 2. The van der Waals surface area contributed by atoms with Crippen molar-refractivity contribution in [1.82, 2.24) is 0 Å². The second-order valence-electron chi connectivity index (χ2n) is 7.82. The summed E-state index contributed by atoms with van der Waals surface area (Å²) >= 11 is 0. The third kappa shape index (κ3) is 14.7. The SMILES string of the molecule is CC(=O)C(C(C)=O)C(C[N+](=O)[O-])c1ccccc1.CC(=O)CC(C)=O.O=[N+]([O-])/C=C/c1ccccc1. The molecule has 1 unspecified atom stereocenters. The van der Waals surface area contributed by atoms with E-state index in [9.17, 15) is 39.4 Å². The highest BCUT2D eigenvalue weighted by molar-refractivity contribution is 6.01. The molecule has 0 aromatic heterocycles. The van der Waals surface area contributed by atoms with E-state index < -0.39 is 28.2 Å². The zero-order valence-electron chi connectivity index (χ0n) is 20.7. The molecular formula is C26H30N2O8. The molecule has 0 saturated carbocycles. The molecule has 0 aliphatic carbocycles. The van der Waals surface area contributed by atoms with Crippen LogP contribution in [0, 0.1) is 26.1 Å². The van der Waals surface area contributed by atoms with Gasteiger partial charge in [-0.15, -0.1) is 0 Å². The summed E-state index contributed by atoms with van der Waals surface area (Å²) in [6.07, 6.45) is 2.47. The van der Waals surface area contributed by atoms with Crippen LogP contribution in [0.15, 0.2) is 66.9 Å². The Kier molecular flexibility index (Phi) is 15.1. The van der Waals surface area contributed by atoms with Gasteiger partial charge < -0.3 is 0 Å². The highest BCUT2D eigenvalue weighted by atomic mass is 16.6. The largest absolute Gasteiger partial charge is 0.300 e. The van der Waals surface area contributed by atoms with Gasteiger partial charge in [-0.2, -0.15) is 0 Å². The van der Waals surface area contributed by atoms with Gasteiger partial charge in [-0.3, -0.25) is 39.4 Å². The van der Waals surface area contributed by atoms with E-state index in [1.807, 2.05) is 18.2 Å². The average molecular weight is 499 g/mol. The number of ketones is 4. The molecule has 10 heteroatoms. The molecule has 2 rings (SSSR count). The monoisotopic (exact) mass is 498 g/mol. The highest BCUT2D eigenvalue weighted by Gasteiger charge is 2.34. The Hall–Kier alpha value is -4.34. The zero-order chi connectivity index (χ0) is 27.7. The van der Waals surface area contributed by atoms with Crippen molar-refractivity contribution < 1.29 is 29.0 Å². The maximum absolute atomic E-state index is 11.5. The van der Waals surface area contributed by atoms with Crippen LogP contribution in [0.2, 0.25) is 0 Å². The molecule has 36 heavy (non-hydrogen) atoms. The minimum Gasteiger partial charge on any atom is -0.300 e. The Bertz CT molecular complexity index is 1040. The smallest absolute Gasteiger partial charge is 0.235 e. The number of hydrogen-bond acceptors (Lipinski definition) is 8. The number of benzene rings is 2. The van der Waals surface area contributed by atoms with Gasteiger partial charge in [0.1, 0.15) is 23.1 Å². The summed E-state index contributed by atoms with van der Waals surface area (Å²) in [6.45, 7) is 4.97. The summed E-state index contributed by atoms with van der Waals surface area (Å²) in [5, 5.41) is 20.6. The minimum atomic E-state index is -0.946. The molecule has 0 bridgehead atoms. The molecule has 0 aliphatic rings. The maximum Gasteiger partial charge on any atom is 0.235 e. The number of rotatable bonds is 10. The second-order valence-corrected chi connectivity index (χ2v) is 7.82. The highest BCUT2D eigenvalue weighted by Crippen LogP contribution is 2.26. The van der Waals surface area contributed by atoms with Crippen LogP contribution in [-0.2, 0) is 19.2 Å². The second kappa shape index (κ2) is 17.1. The van der Waals surface area contributed by atoms with Gasteiger partial charge in [0, 0.05) is 11.0 Å². The Labute approximate surface area is 209 Å². The quantitative estimate of drug-likeness (QED) is 0.266. The standard InChI is InChI=1S/C13H15NO4.C8H7NO2.C5H8O2/c1-9(15)13(10(2)16)12(8-14(17)18)11-6-4-3-5-7-11;10-9(11)7-6-8-4-2-1-3-5-8;1-4(6)3-5(2)7/h3-7,12-13H,8H2,1-2H3;1-7H;3H2,1-2H3/b;7-6+;. The van der Waals surface area contributed by atoms with Crippen molar-refractivity contribution in [3.63, 3.8) is 0 Å². The minimum absolute atomic E-state index is 0.0625. The Morgan fingerprint density at radius 3 is 1.56 bits per heavy atom. The molecule has 2 aromatic rings. The lowest BCUT2D eigenvalue weighted by atomic mass is 9.81. The van der Waals surface area contributed by atoms with Gasteiger partial charge in [0.2, 0.25) is 12.7 Å². The van der Waals surface area contributed by atoms with E-state index in [-0.39, 0.29) is 29.6 Å². The van der Waals surface area contributed by atoms with Crippen LogP contribution < -0.4 is 0 Å². The van der Waals surface area contributed by atoms with E-state index in [1.54, 1.807) is 42.5 Å². The Morgan fingerprint density at radius 2 is 1.22 bits per heavy atom. The van der Waals surface area contributed by atoms with E-state index in [1.165, 1.54) is 33.8 Å². The molecular weight excluding hydrogens is 468 g/mol. The molecule has 0 radical (unpaired) electrons. The number of hydrogen-bond donors (Lipinski definition) is 0. The van der Waals surface area contributed by atoms with Crippen molar-refractivity contribution >= 4 is 29.2 Å². The fraction of sp³-hybridized carbons (Fsp3) is 0.308. The number of Topliss-reactive ketones (excluding diaryl/α,β-unsaturated/α-hetero) is 4. The van der Waals surface area contributed by atoms with Gasteiger partial charge in [-0.05, 0) is 38.8 Å². The first-order chi connectivity index (χ1) is 16.8. The molecule has 2 aromatic carbocycles. The van der Waals surface area contributed by atoms with E-state index in [0.29, 0.717) is 5.56 Å². The number of nitro groups is 2. The van der Waals surface area contributed by atoms with Crippen LogP contribution in [0.25, 0.3) is 6.08 Å². The van der Waals surface area contributed by atoms with E-state index >= 15 is 0 Å². The fourth-order valence-electron chi connectivity index (χ4n) is 3.18. The molecule has 0 fully saturated rings. The van der Waals surface area contributed by atoms with Gasteiger partial charge in [0.15, 0.2) is 0 Å². The summed E-state index contributed by atoms with van der Waals surface area (Å²) in [7, 11) is 0. The summed E-state index contributed by atoms with van der Waals surface area (Å²) in [4.78, 5) is 62.8. The van der Waals surface area contributed by atoms with Crippen molar-refractivity contribution in [3.05, 3.63) is 98.2 Å². The first-order valence-corrected chi connectivity index (χ1v) is 10.9. The van der Waals surface area contributed by atoms with Gasteiger partial charge in [-0.25, -0.2) is 0 Å². The molecule has 192 valence electrons. The van der Waals surface area contributed by atoms with Crippen LogP contribution >= 0.6 is 0 Å². The van der Waals surface area contributed by atoms with Gasteiger partial charge in [-0.1, -0.05) is 60.7 Å². The molecule has 0 aliphatic heterocycles.